The van der Waals surface area contributed by atoms with Crippen molar-refractivity contribution in [2.75, 3.05) is 7.11 Å². The number of nitrogens with zero attached hydrogens (tertiary/aromatic N) is 1. The van der Waals surface area contributed by atoms with Crippen LogP contribution >= 0.6 is 0 Å². The Bertz CT molecular complexity index is 698. The molecule has 1 aliphatic rings. The average molecular weight is 269 g/mol. The summed E-state index contributed by atoms with van der Waals surface area (Å²) in [6.07, 6.45) is 3.12. The number of carbonyl (C=O) groups is 1. The zero-order valence-electron chi connectivity index (χ0n) is 10.7. The maximum absolute atomic E-state index is 11.8. The highest BCUT2D eigenvalue weighted by Gasteiger charge is 2.25. The van der Waals surface area contributed by atoms with E-state index in [0.29, 0.717) is 11.5 Å². The largest absolute Gasteiger partial charge is 0.496 e. The van der Waals surface area contributed by atoms with Gasteiger partial charge in [-0.25, -0.2) is 9.79 Å². The first-order valence-corrected chi connectivity index (χ1v) is 5.97. The molecule has 0 bridgehead atoms. The Morgan fingerprint density at radius 3 is 2.80 bits per heavy atom. The molecule has 1 aromatic heterocycles. The summed E-state index contributed by atoms with van der Waals surface area (Å²) in [5, 5.41) is 0. The summed E-state index contributed by atoms with van der Waals surface area (Å²) in [6, 6.07) is 10.7. The number of rotatable bonds is 3. The fourth-order valence-electron chi connectivity index (χ4n) is 1.85. The Hall–Kier alpha value is -2.82. The van der Waals surface area contributed by atoms with Crippen LogP contribution in [-0.4, -0.2) is 19.0 Å². The molecule has 0 unspecified atom stereocenters. The molecular weight excluding hydrogens is 258 g/mol. The predicted molar refractivity (Wildman–Crippen MR) is 72.3 cm³/mol. The maximum Gasteiger partial charge on any atom is 0.363 e. The molecule has 0 aliphatic carbocycles. The van der Waals surface area contributed by atoms with E-state index in [1.807, 2.05) is 24.3 Å². The van der Waals surface area contributed by atoms with Gasteiger partial charge in [-0.05, 0) is 24.3 Å². The van der Waals surface area contributed by atoms with Crippen molar-refractivity contribution in [3.8, 4) is 5.75 Å². The number of carbonyl (C=O) groups excluding carboxylic acids is 1. The molecule has 0 saturated carbocycles. The average Bonchev–Trinajstić information content (AvgIpc) is 3.10. The van der Waals surface area contributed by atoms with Crippen LogP contribution in [0.3, 0.4) is 0 Å². The van der Waals surface area contributed by atoms with Crippen molar-refractivity contribution in [3.05, 3.63) is 59.7 Å². The molecule has 100 valence electrons. The van der Waals surface area contributed by atoms with Gasteiger partial charge in [0.1, 0.15) is 5.75 Å². The van der Waals surface area contributed by atoms with Gasteiger partial charge in [0, 0.05) is 5.56 Å². The summed E-state index contributed by atoms with van der Waals surface area (Å²) < 4.78 is 15.4. The lowest BCUT2D eigenvalue weighted by atomic mass is 10.1. The molecule has 0 N–H and O–H groups in total. The molecule has 3 rings (SSSR count). The van der Waals surface area contributed by atoms with Crippen molar-refractivity contribution in [2.45, 2.75) is 0 Å². The zero-order chi connectivity index (χ0) is 13.9. The lowest BCUT2D eigenvalue weighted by molar-refractivity contribution is -0.130. The number of aliphatic imine (C=N–C) groups is 1. The minimum absolute atomic E-state index is 0.168. The SMILES string of the molecule is COc1ccccc1/C=C1\N=C(c2ccco2)OC1=O. The van der Waals surface area contributed by atoms with E-state index < -0.39 is 5.97 Å². The molecule has 0 spiro atoms. The first-order chi connectivity index (χ1) is 9.78. The number of methoxy groups -OCH3 is 1. The third-order valence-corrected chi connectivity index (χ3v) is 2.78. The predicted octanol–water partition coefficient (Wildman–Crippen LogP) is 2.63. The van der Waals surface area contributed by atoms with E-state index in [9.17, 15) is 4.79 Å². The third-order valence-electron chi connectivity index (χ3n) is 2.78. The first-order valence-electron chi connectivity index (χ1n) is 5.97. The minimum Gasteiger partial charge on any atom is -0.496 e. The topological polar surface area (TPSA) is 61.0 Å². The fourth-order valence-corrected chi connectivity index (χ4v) is 1.85. The van der Waals surface area contributed by atoms with Crippen LogP contribution in [0.15, 0.2) is 57.8 Å². The van der Waals surface area contributed by atoms with Crippen LogP contribution in [0.2, 0.25) is 0 Å². The number of cyclic esters (lactones) is 1. The van der Waals surface area contributed by atoms with E-state index in [2.05, 4.69) is 4.99 Å². The van der Waals surface area contributed by atoms with Crippen LogP contribution in [0.1, 0.15) is 11.3 Å². The summed E-state index contributed by atoms with van der Waals surface area (Å²) in [4.78, 5) is 15.9. The van der Waals surface area contributed by atoms with Crippen LogP contribution < -0.4 is 4.74 Å². The van der Waals surface area contributed by atoms with E-state index in [-0.39, 0.29) is 11.6 Å². The Morgan fingerprint density at radius 1 is 1.20 bits per heavy atom. The van der Waals surface area contributed by atoms with Crippen molar-refractivity contribution in [1.29, 1.82) is 0 Å². The molecule has 20 heavy (non-hydrogen) atoms. The summed E-state index contributed by atoms with van der Waals surface area (Å²) in [6.45, 7) is 0. The normalized spacial score (nSPS) is 16.1. The second-order valence-corrected chi connectivity index (χ2v) is 4.06. The van der Waals surface area contributed by atoms with Gasteiger partial charge in [-0.2, -0.15) is 0 Å². The standard InChI is InChI=1S/C15H11NO4/c1-18-12-6-3-2-5-10(12)9-11-15(17)20-14(16-11)13-7-4-8-19-13/h2-9H,1H3/b11-9-. The van der Waals surface area contributed by atoms with Crippen LogP contribution in [0.25, 0.3) is 6.08 Å². The number of para-hydroxylation sites is 1. The summed E-state index contributed by atoms with van der Waals surface area (Å²) >= 11 is 0. The van der Waals surface area contributed by atoms with Crippen LogP contribution in [0.4, 0.5) is 0 Å². The lowest BCUT2D eigenvalue weighted by Crippen LogP contribution is -2.04. The van der Waals surface area contributed by atoms with Crippen molar-refractivity contribution in [2.24, 2.45) is 4.99 Å². The minimum atomic E-state index is -0.512. The number of furan rings is 1. The molecule has 5 nitrogen and oxygen atoms in total. The second kappa shape index (κ2) is 5.05. The molecular formula is C15H11NO4. The monoisotopic (exact) mass is 269 g/mol. The van der Waals surface area contributed by atoms with Gasteiger partial charge in [0.05, 0.1) is 13.4 Å². The molecule has 0 amide bonds. The molecule has 0 fully saturated rings. The quantitative estimate of drug-likeness (QED) is 0.634. The summed E-state index contributed by atoms with van der Waals surface area (Å²) in [5.74, 6) is 0.736. The molecule has 1 aromatic carbocycles. The summed E-state index contributed by atoms with van der Waals surface area (Å²) in [5.41, 5.74) is 0.965. The van der Waals surface area contributed by atoms with Crippen LogP contribution in [0, 0.1) is 0 Å². The van der Waals surface area contributed by atoms with E-state index in [0.717, 1.165) is 5.56 Å². The van der Waals surface area contributed by atoms with Gasteiger partial charge in [-0.1, -0.05) is 18.2 Å². The smallest absolute Gasteiger partial charge is 0.363 e. The Balaban J connectivity index is 1.97. The number of benzene rings is 1. The Morgan fingerprint density at radius 2 is 2.05 bits per heavy atom. The molecule has 0 saturated heterocycles. The van der Waals surface area contributed by atoms with Gasteiger partial charge in [-0.15, -0.1) is 0 Å². The fraction of sp³-hybridized carbons (Fsp3) is 0.0667. The van der Waals surface area contributed by atoms with Gasteiger partial charge in [0.2, 0.25) is 0 Å². The van der Waals surface area contributed by atoms with Crippen molar-refractivity contribution in [3.63, 3.8) is 0 Å². The molecule has 2 aromatic rings. The Labute approximate surface area is 115 Å². The number of hydrogen-bond acceptors (Lipinski definition) is 5. The number of ether oxygens (including phenoxy) is 2. The molecule has 1 aliphatic heterocycles. The van der Waals surface area contributed by atoms with Crippen molar-refractivity contribution in [1.82, 2.24) is 0 Å². The highest BCUT2D eigenvalue weighted by Crippen LogP contribution is 2.24. The number of hydrogen-bond donors (Lipinski definition) is 0. The molecule has 0 atom stereocenters. The van der Waals surface area contributed by atoms with Crippen molar-refractivity contribution < 1.29 is 18.7 Å². The highest BCUT2D eigenvalue weighted by molar-refractivity contribution is 6.11. The number of esters is 1. The van der Waals surface area contributed by atoms with E-state index in [1.165, 1.54) is 6.26 Å². The van der Waals surface area contributed by atoms with E-state index in [1.54, 1.807) is 25.3 Å². The van der Waals surface area contributed by atoms with Gasteiger partial charge < -0.3 is 13.9 Å². The highest BCUT2D eigenvalue weighted by atomic mass is 16.6. The molecule has 2 heterocycles. The van der Waals surface area contributed by atoms with E-state index >= 15 is 0 Å². The van der Waals surface area contributed by atoms with Gasteiger partial charge in [0.15, 0.2) is 11.5 Å². The first kappa shape index (κ1) is 12.2. The van der Waals surface area contributed by atoms with Crippen molar-refractivity contribution >= 4 is 17.9 Å². The third kappa shape index (κ3) is 2.21. The second-order valence-electron chi connectivity index (χ2n) is 4.06. The van der Waals surface area contributed by atoms with Gasteiger partial charge in [-0.3, -0.25) is 0 Å². The lowest BCUT2D eigenvalue weighted by Gasteiger charge is -2.03. The zero-order valence-corrected chi connectivity index (χ0v) is 10.7. The van der Waals surface area contributed by atoms with Crippen LogP contribution in [0.5, 0.6) is 5.75 Å². The maximum atomic E-state index is 11.8. The summed E-state index contributed by atoms with van der Waals surface area (Å²) in [7, 11) is 1.57. The Kier molecular flexibility index (Phi) is 3.09. The van der Waals surface area contributed by atoms with Gasteiger partial charge in [0.25, 0.3) is 5.90 Å². The molecule has 0 radical (unpaired) electrons. The molecule has 5 heteroatoms. The van der Waals surface area contributed by atoms with E-state index in [4.69, 9.17) is 13.9 Å². The van der Waals surface area contributed by atoms with Gasteiger partial charge >= 0.3 is 5.97 Å². The van der Waals surface area contributed by atoms with Crippen LogP contribution in [-0.2, 0) is 9.53 Å².